The summed E-state index contributed by atoms with van der Waals surface area (Å²) in [5, 5.41) is 2.71. The summed E-state index contributed by atoms with van der Waals surface area (Å²) in [5.74, 6) is -0.142. The topological polar surface area (TPSA) is 49.4 Å². The summed E-state index contributed by atoms with van der Waals surface area (Å²) in [6.07, 6.45) is 0. The fraction of sp³-hybridized carbons (Fsp3) is 0.263. The van der Waals surface area contributed by atoms with E-state index in [1.807, 2.05) is 23.1 Å². The van der Waals surface area contributed by atoms with Crippen molar-refractivity contribution < 1.29 is 9.59 Å². The molecule has 0 fully saturated rings. The average molecular weight is 308 g/mol. The number of nitrogens with zero attached hydrogens (tertiary/aromatic N) is 1. The Labute approximate surface area is 136 Å². The van der Waals surface area contributed by atoms with E-state index in [0.29, 0.717) is 17.8 Å². The number of hydrogen-bond acceptors (Lipinski definition) is 2. The molecule has 118 valence electrons. The van der Waals surface area contributed by atoms with Crippen LogP contribution in [-0.4, -0.2) is 18.4 Å². The molecule has 1 aliphatic rings. The summed E-state index contributed by atoms with van der Waals surface area (Å²) in [5.41, 5.74) is 3.43. The minimum absolute atomic E-state index is 0.0163. The van der Waals surface area contributed by atoms with Crippen molar-refractivity contribution in [2.45, 2.75) is 26.2 Å². The smallest absolute Gasteiger partial charge is 0.258 e. The number of anilines is 2. The van der Waals surface area contributed by atoms with Crippen LogP contribution in [0.1, 0.15) is 36.7 Å². The lowest BCUT2D eigenvalue weighted by Crippen LogP contribution is -2.33. The Morgan fingerprint density at radius 1 is 1.04 bits per heavy atom. The minimum Gasteiger partial charge on any atom is -0.326 e. The Bertz CT molecular complexity index is 763. The fourth-order valence-electron chi connectivity index (χ4n) is 3.08. The number of benzene rings is 2. The van der Waals surface area contributed by atoms with E-state index in [1.54, 1.807) is 24.3 Å². The Hall–Kier alpha value is -2.62. The van der Waals surface area contributed by atoms with Crippen LogP contribution in [0.15, 0.2) is 48.5 Å². The molecule has 0 aliphatic carbocycles. The molecule has 2 aromatic carbocycles. The van der Waals surface area contributed by atoms with Crippen molar-refractivity contribution in [3.63, 3.8) is 0 Å². The second-order valence-electron chi connectivity index (χ2n) is 6.55. The lowest BCUT2D eigenvalue weighted by molar-refractivity contribution is -0.114. The van der Waals surface area contributed by atoms with Crippen molar-refractivity contribution in [3.8, 4) is 0 Å². The molecule has 0 unspecified atom stereocenters. The highest BCUT2D eigenvalue weighted by Gasteiger charge is 2.37. The van der Waals surface area contributed by atoms with Gasteiger partial charge in [-0.05, 0) is 35.9 Å². The number of rotatable bonds is 2. The van der Waals surface area contributed by atoms with Gasteiger partial charge in [0.1, 0.15) is 0 Å². The quantitative estimate of drug-likeness (QED) is 0.922. The minimum atomic E-state index is -0.126. The van der Waals surface area contributed by atoms with Gasteiger partial charge >= 0.3 is 0 Å². The molecule has 0 saturated carbocycles. The van der Waals surface area contributed by atoms with Gasteiger partial charge in [0.05, 0.1) is 0 Å². The number of nitrogens with one attached hydrogen (secondary N) is 1. The lowest BCUT2D eigenvalue weighted by atomic mass is 9.87. The van der Waals surface area contributed by atoms with Crippen LogP contribution in [0, 0.1) is 0 Å². The fourth-order valence-corrected chi connectivity index (χ4v) is 3.08. The van der Waals surface area contributed by atoms with E-state index in [2.05, 4.69) is 25.2 Å². The van der Waals surface area contributed by atoms with Crippen LogP contribution in [0.4, 0.5) is 11.4 Å². The first-order chi connectivity index (χ1) is 10.9. The predicted octanol–water partition coefficient (Wildman–Crippen LogP) is 3.58. The molecule has 0 radical (unpaired) electrons. The van der Waals surface area contributed by atoms with Gasteiger partial charge < -0.3 is 10.2 Å². The lowest BCUT2D eigenvalue weighted by Gasteiger charge is -2.21. The van der Waals surface area contributed by atoms with Crippen molar-refractivity contribution in [2.75, 3.05) is 16.8 Å². The first kappa shape index (κ1) is 15.3. The summed E-state index contributed by atoms with van der Waals surface area (Å²) in [4.78, 5) is 25.8. The summed E-state index contributed by atoms with van der Waals surface area (Å²) < 4.78 is 0. The molecule has 0 saturated heterocycles. The summed E-state index contributed by atoms with van der Waals surface area (Å²) in [6.45, 7) is 6.43. The van der Waals surface area contributed by atoms with Crippen molar-refractivity contribution in [2.24, 2.45) is 0 Å². The highest BCUT2D eigenvalue weighted by molar-refractivity contribution is 6.08. The van der Waals surface area contributed by atoms with Gasteiger partial charge in [0, 0.05) is 35.8 Å². The first-order valence-electron chi connectivity index (χ1n) is 7.67. The van der Waals surface area contributed by atoms with E-state index >= 15 is 0 Å². The number of carbonyl (C=O) groups excluding carboxylic acids is 2. The van der Waals surface area contributed by atoms with Gasteiger partial charge in [-0.1, -0.05) is 32.0 Å². The van der Waals surface area contributed by atoms with E-state index in [1.165, 1.54) is 12.5 Å². The molecule has 4 nitrogen and oxygen atoms in total. The first-order valence-corrected chi connectivity index (χ1v) is 7.67. The number of hydrogen-bond donors (Lipinski definition) is 1. The van der Waals surface area contributed by atoms with Crippen LogP contribution in [-0.2, 0) is 10.2 Å². The van der Waals surface area contributed by atoms with Gasteiger partial charge in [0.15, 0.2) is 0 Å². The Morgan fingerprint density at radius 3 is 2.35 bits per heavy atom. The highest BCUT2D eigenvalue weighted by Crippen LogP contribution is 2.40. The van der Waals surface area contributed by atoms with E-state index in [4.69, 9.17) is 0 Å². The van der Waals surface area contributed by atoms with Gasteiger partial charge in [0.2, 0.25) is 5.91 Å². The Kier molecular flexibility index (Phi) is 3.68. The normalized spacial score (nSPS) is 15.2. The highest BCUT2D eigenvalue weighted by atomic mass is 16.2. The summed E-state index contributed by atoms with van der Waals surface area (Å²) >= 11 is 0. The zero-order valence-corrected chi connectivity index (χ0v) is 13.6. The maximum absolute atomic E-state index is 12.9. The van der Waals surface area contributed by atoms with Crippen LogP contribution in [0.2, 0.25) is 0 Å². The molecule has 0 aromatic heterocycles. The molecule has 4 heteroatoms. The third-order valence-electron chi connectivity index (χ3n) is 4.17. The van der Waals surface area contributed by atoms with Crippen molar-refractivity contribution in [3.05, 3.63) is 59.7 Å². The molecule has 1 N–H and O–H groups in total. The standard InChI is InChI=1S/C19H20N2O2/c1-13(22)20-15-10-8-14(9-11-15)18(23)21-12-19(2,3)16-6-4-5-7-17(16)21/h4-11H,12H2,1-3H3,(H,20,22). The molecular weight excluding hydrogens is 288 g/mol. The maximum Gasteiger partial charge on any atom is 0.258 e. The van der Waals surface area contributed by atoms with Crippen LogP contribution in [0.5, 0.6) is 0 Å². The average Bonchev–Trinajstić information content (AvgIpc) is 2.79. The summed E-state index contributed by atoms with van der Waals surface area (Å²) in [7, 11) is 0. The van der Waals surface area contributed by atoms with Crippen LogP contribution in [0.25, 0.3) is 0 Å². The van der Waals surface area contributed by atoms with Gasteiger partial charge in [-0.15, -0.1) is 0 Å². The zero-order chi connectivity index (χ0) is 16.6. The van der Waals surface area contributed by atoms with Crippen molar-refractivity contribution in [1.82, 2.24) is 0 Å². The molecule has 3 rings (SSSR count). The van der Waals surface area contributed by atoms with Gasteiger partial charge in [-0.3, -0.25) is 9.59 Å². The van der Waals surface area contributed by atoms with Crippen LogP contribution < -0.4 is 10.2 Å². The molecule has 2 amide bonds. The van der Waals surface area contributed by atoms with Crippen LogP contribution >= 0.6 is 0 Å². The molecule has 1 heterocycles. The SMILES string of the molecule is CC(=O)Nc1ccc(C(=O)N2CC(C)(C)c3ccccc32)cc1. The molecule has 0 bridgehead atoms. The van der Waals surface area contributed by atoms with Crippen molar-refractivity contribution in [1.29, 1.82) is 0 Å². The second-order valence-corrected chi connectivity index (χ2v) is 6.55. The largest absolute Gasteiger partial charge is 0.326 e. The molecule has 0 atom stereocenters. The second kappa shape index (κ2) is 5.54. The Balaban J connectivity index is 1.88. The zero-order valence-electron chi connectivity index (χ0n) is 13.6. The number of amides is 2. The predicted molar refractivity (Wildman–Crippen MR) is 91.9 cm³/mol. The molecule has 23 heavy (non-hydrogen) atoms. The third kappa shape index (κ3) is 2.84. The number of para-hydroxylation sites is 1. The molecule has 1 aliphatic heterocycles. The Morgan fingerprint density at radius 2 is 1.70 bits per heavy atom. The number of carbonyl (C=O) groups is 2. The number of fused-ring (bicyclic) bond motifs is 1. The van der Waals surface area contributed by atoms with Gasteiger partial charge in [0.25, 0.3) is 5.91 Å². The molecular formula is C19H20N2O2. The van der Waals surface area contributed by atoms with E-state index in [0.717, 1.165) is 5.69 Å². The van der Waals surface area contributed by atoms with E-state index < -0.39 is 0 Å². The van der Waals surface area contributed by atoms with Crippen molar-refractivity contribution >= 4 is 23.2 Å². The molecule has 0 spiro atoms. The van der Waals surface area contributed by atoms with Gasteiger partial charge in [-0.2, -0.15) is 0 Å². The maximum atomic E-state index is 12.9. The van der Waals surface area contributed by atoms with Gasteiger partial charge in [-0.25, -0.2) is 0 Å². The third-order valence-corrected chi connectivity index (χ3v) is 4.17. The van der Waals surface area contributed by atoms with Crippen LogP contribution in [0.3, 0.4) is 0 Å². The summed E-state index contributed by atoms with van der Waals surface area (Å²) in [6, 6.07) is 15.1. The monoisotopic (exact) mass is 308 g/mol. The molecule has 2 aromatic rings. The van der Waals surface area contributed by atoms with E-state index in [-0.39, 0.29) is 17.2 Å². The van der Waals surface area contributed by atoms with E-state index in [9.17, 15) is 9.59 Å².